The van der Waals surface area contributed by atoms with Crippen molar-refractivity contribution in [3.63, 3.8) is 0 Å². The molecule has 2 N–H and O–H groups in total. The van der Waals surface area contributed by atoms with Crippen LogP contribution in [0.4, 0.5) is 0 Å². The zero-order chi connectivity index (χ0) is 7.19. The van der Waals surface area contributed by atoms with E-state index >= 15 is 0 Å². The van der Waals surface area contributed by atoms with Gasteiger partial charge in [-0.3, -0.25) is 0 Å². The third kappa shape index (κ3) is 1.08. The predicted molar refractivity (Wildman–Crippen MR) is 49.9 cm³/mol. The topological polar surface area (TPSA) is 29.3 Å². The first-order valence-corrected chi connectivity index (χ1v) is 4.83. The summed E-state index contributed by atoms with van der Waals surface area (Å²) in [5.41, 5.74) is 6.41. The molecule has 1 aliphatic carbocycles. The SMILES string of the molecule is NC1CC2(CCN(I)C2)C1. The third-order valence-electron chi connectivity index (χ3n) is 2.78. The Morgan fingerprint density at radius 3 is 2.60 bits per heavy atom. The van der Waals surface area contributed by atoms with E-state index in [0.29, 0.717) is 11.5 Å². The van der Waals surface area contributed by atoms with E-state index in [1.807, 2.05) is 0 Å². The van der Waals surface area contributed by atoms with Gasteiger partial charge in [-0.1, -0.05) is 0 Å². The standard InChI is InChI=1S/C7H13IN2/c8-10-2-1-7(5-10)3-6(9)4-7/h6H,1-5,9H2. The van der Waals surface area contributed by atoms with Crippen LogP contribution in [0.2, 0.25) is 0 Å². The second-order valence-corrected chi connectivity index (χ2v) is 5.13. The van der Waals surface area contributed by atoms with Crippen LogP contribution in [0.3, 0.4) is 0 Å². The number of halogens is 1. The minimum absolute atomic E-state index is 0.517. The molecule has 2 rings (SSSR count). The van der Waals surface area contributed by atoms with Crippen LogP contribution in [0, 0.1) is 5.41 Å². The van der Waals surface area contributed by atoms with Crippen LogP contribution in [0.25, 0.3) is 0 Å². The Kier molecular flexibility index (Phi) is 1.69. The highest BCUT2D eigenvalue weighted by Gasteiger charge is 2.46. The van der Waals surface area contributed by atoms with Crippen molar-refractivity contribution in [2.45, 2.75) is 25.3 Å². The van der Waals surface area contributed by atoms with E-state index in [1.54, 1.807) is 0 Å². The summed E-state index contributed by atoms with van der Waals surface area (Å²) in [6.07, 6.45) is 3.92. The summed E-state index contributed by atoms with van der Waals surface area (Å²) in [5.74, 6) is 0. The molecule has 1 saturated carbocycles. The average molecular weight is 252 g/mol. The first-order chi connectivity index (χ1) is 4.70. The molecule has 0 unspecified atom stereocenters. The van der Waals surface area contributed by atoms with Crippen molar-refractivity contribution >= 4 is 22.9 Å². The number of hydrogen-bond donors (Lipinski definition) is 1. The lowest BCUT2D eigenvalue weighted by atomic mass is 9.65. The highest BCUT2D eigenvalue weighted by Crippen LogP contribution is 2.47. The Balaban J connectivity index is 1.95. The van der Waals surface area contributed by atoms with Gasteiger partial charge in [0.1, 0.15) is 0 Å². The van der Waals surface area contributed by atoms with E-state index in [9.17, 15) is 0 Å². The van der Waals surface area contributed by atoms with Gasteiger partial charge in [0.15, 0.2) is 0 Å². The monoisotopic (exact) mass is 252 g/mol. The van der Waals surface area contributed by atoms with Gasteiger partial charge in [0, 0.05) is 42.0 Å². The van der Waals surface area contributed by atoms with Crippen molar-refractivity contribution in [2.24, 2.45) is 11.1 Å². The van der Waals surface area contributed by atoms with Crippen molar-refractivity contribution in [3.05, 3.63) is 0 Å². The van der Waals surface area contributed by atoms with Crippen LogP contribution >= 0.6 is 22.9 Å². The molecule has 1 saturated heterocycles. The molecule has 0 bridgehead atoms. The summed E-state index contributed by atoms with van der Waals surface area (Å²) < 4.78 is 2.39. The first kappa shape index (κ1) is 7.31. The molecule has 0 radical (unpaired) electrons. The number of nitrogens with zero attached hydrogens (tertiary/aromatic N) is 1. The molecule has 0 aromatic rings. The Morgan fingerprint density at radius 1 is 1.50 bits per heavy atom. The zero-order valence-electron chi connectivity index (χ0n) is 6.02. The van der Waals surface area contributed by atoms with E-state index in [1.165, 1.54) is 32.4 Å². The van der Waals surface area contributed by atoms with Crippen LogP contribution < -0.4 is 5.73 Å². The fourth-order valence-electron chi connectivity index (χ4n) is 2.27. The van der Waals surface area contributed by atoms with E-state index in [0.717, 1.165) is 0 Å². The quantitative estimate of drug-likeness (QED) is 0.517. The fraction of sp³-hybridized carbons (Fsp3) is 1.00. The Hall–Kier alpha value is 0.650. The molecular formula is C7H13IN2. The first-order valence-electron chi connectivity index (χ1n) is 3.87. The van der Waals surface area contributed by atoms with Gasteiger partial charge in [-0.2, -0.15) is 0 Å². The normalized spacial score (nSPS) is 48.0. The highest BCUT2D eigenvalue weighted by molar-refractivity contribution is 14.1. The molecule has 2 nitrogen and oxygen atoms in total. The largest absolute Gasteiger partial charge is 0.328 e. The summed E-state index contributed by atoms with van der Waals surface area (Å²) in [7, 11) is 0. The summed E-state index contributed by atoms with van der Waals surface area (Å²) in [6, 6.07) is 0.517. The summed E-state index contributed by atoms with van der Waals surface area (Å²) in [6.45, 7) is 2.55. The second kappa shape index (κ2) is 2.32. The second-order valence-electron chi connectivity index (χ2n) is 3.76. The van der Waals surface area contributed by atoms with E-state index in [-0.39, 0.29) is 0 Å². The molecule has 0 aromatic carbocycles. The number of rotatable bonds is 0. The molecule has 0 aromatic heterocycles. The van der Waals surface area contributed by atoms with Gasteiger partial charge in [0.25, 0.3) is 0 Å². The lowest BCUT2D eigenvalue weighted by molar-refractivity contribution is 0.125. The molecule has 0 amide bonds. The third-order valence-corrected chi connectivity index (χ3v) is 3.61. The highest BCUT2D eigenvalue weighted by atomic mass is 127. The smallest absolute Gasteiger partial charge is 0.0201 e. The Labute approximate surface area is 75.6 Å². The van der Waals surface area contributed by atoms with Crippen molar-refractivity contribution < 1.29 is 0 Å². The average Bonchev–Trinajstić information content (AvgIpc) is 2.10. The summed E-state index contributed by atoms with van der Waals surface area (Å²) in [4.78, 5) is 0. The summed E-state index contributed by atoms with van der Waals surface area (Å²) in [5, 5.41) is 0. The fourth-order valence-corrected chi connectivity index (χ4v) is 3.23. The van der Waals surface area contributed by atoms with Crippen molar-refractivity contribution in [1.29, 1.82) is 0 Å². The van der Waals surface area contributed by atoms with Crippen molar-refractivity contribution in [1.82, 2.24) is 3.11 Å². The Bertz CT molecular complexity index is 137. The van der Waals surface area contributed by atoms with Gasteiger partial charge in [0.2, 0.25) is 0 Å². The van der Waals surface area contributed by atoms with Gasteiger partial charge in [0.05, 0.1) is 0 Å². The maximum absolute atomic E-state index is 5.76. The molecule has 1 spiro atoms. The van der Waals surface area contributed by atoms with Gasteiger partial charge in [-0.25, -0.2) is 3.11 Å². The van der Waals surface area contributed by atoms with Crippen LogP contribution in [0.5, 0.6) is 0 Å². The molecule has 3 heteroatoms. The number of hydrogen-bond acceptors (Lipinski definition) is 2. The summed E-state index contributed by atoms with van der Waals surface area (Å²) >= 11 is 2.41. The van der Waals surface area contributed by atoms with E-state index < -0.39 is 0 Å². The minimum atomic E-state index is 0.517. The van der Waals surface area contributed by atoms with Gasteiger partial charge in [-0.05, 0) is 24.7 Å². The predicted octanol–water partition coefficient (Wildman–Crippen LogP) is 1.15. The molecule has 1 heterocycles. The van der Waals surface area contributed by atoms with Gasteiger partial charge in [-0.15, -0.1) is 0 Å². The van der Waals surface area contributed by atoms with Crippen molar-refractivity contribution in [3.8, 4) is 0 Å². The molecule has 0 atom stereocenters. The van der Waals surface area contributed by atoms with E-state index in [4.69, 9.17) is 5.73 Å². The van der Waals surface area contributed by atoms with Gasteiger partial charge >= 0.3 is 0 Å². The zero-order valence-corrected chi connectivity index (χ0v) is 8.17. The van der Waals surface area contributed by atoms with Crippen molar-refractivity contribution in [2.75, 3.05) is 13.1 Å². The van der Waals surface area contributed by atoms with Crippen LogP contribution in [0.1, 0.15) is 19.3 Å². The van der Waals surface area contributed by atoms with Crippen LogP contribution in [0.15, 0.2) is 0 Å². The molecule has 10 heavy (non-hydrogen) atoms. The minimum Gasteiger partial charge on any atom is -0.328 e. The molecule has 58 valence electrons. The molecular weight excluding hydrogens is 239 g/mol. The van der Waals surface area contributed by atoms with Crippen LogP contribution in [-0.4, -0.2) is 22.2 Å². The number of nitrogens with two attached hydrogens (primary N) is 1. The van der Waals surface area contributed by atoms with Gasteiger partial charge < -0.3 is 5.73 Å². The lowest BCUT2D eigenvalue weighted by Gasteiger charge is -2.43. The van der Waals surface area contributed by atoms with E-state index in [2.05, 4.69) is 26.0 Å². The maximum atomic E-state index is 5.76. The molecule has 1 aliphatic heterocycles. The molecule has 2 fully saturated rings. The lowest BCUT2D eigenvalue weighted by Crippen LogP contribution is -2.46. The Morgan fingerprint density at radius 2 is 2.20 bits per heavy atom. The van der Waals surface area contributed by atoms with Crippen LogP contribution in [-0.2, 0) is 0 Å². The molecule has 2 aliphatic rings. The maximum Gasteiger partial charge on any atom is 0.0201 e.